The maximum absolute atomic E-state index is 12.8. The number of nitrogens with one attached hydrogen (secondary N) is 1. The van der Waals surface area contributed by atoms with E-state index < -0.39 is 0 Å². The molecule has 0 bridgehead atoms. The van der Waals surface area contributed by atoms with E-state index in [2.05, 4.69) is 35.7 Å². The first-order valence-electron chi connectivity index (χ1n) is 7.95. The smallest absolute Gasteiger partial charge is 0.267 e. The Kier molecular flexibility index (Phi) is 6.11. The van der Waals surface area contributed by atoms with Crippen LogP contribution in [0.1, 0.15) is 61.3 Å². The summed E-state index contributed by atoms with van der Waals surface area (Å²) < 4.78 is 3.99. The van der Waals surface area contributed by atoms with Gasteiger partial charge in [-0.2, -0.15) is 0 Å². The average Bonchev–Trinajstić information content (AvgIpc) is 2.97. The molecule has 0 saturated carbocycles. The molecule has 6 heteroatoms. The van der Waals surface area contributed by atoms with E-state index in [1.54, 1.807) is 0 Å². The van der Waals surface area contributed by atoms with Gasteiger partial charge in [-0.15, -0.1) is 5.10 Å². The second-order valence-corrected chi connectivity index (χ2v) is 6.84. The molecule has 21 heavy (non-hydrogen) atoms. The lowest BCUT2D eigenvalue weighted by molar-refractivity contribution is 0.0719. The number of aromatic nitrogens is 2. The number of carbonyl (C=O) groups excluding carboxylic acids is 1. The molecule has 0 spiro atoms. The van der Waals surface area contributed by atoms with Crippen molar-refractivity contribution in [3.8, 4) is 0 Å². The van der Waals surface area contributed by atoms with Crippen molar-refractivity contribution >= 4 is 17.4 Å². The van der Waals surface area contributed by atoms with Gasteiger partial charge in [0.15, 0.2) is 0 Å². The minimum absolute atomic E-state index is 0.120. The average molecular weight is 310 g/mol. The molecule has 1 aliphatic rings. The molecule has 2 heterocycles. The lowest BCUT2D eigenvalue weighted by Crippen LogP contribution is -2.39. The number of nitrogens with zero attached hydrogens (tertiary/aromatic N) is 3. The minimum Gasteiger partial charge on any atom is -0.338 e. The summed E-state index contributed by atoms with van der Waals surface area (Å²) in [7, 11) is 0. The highest BCUT2D eigenvalue weighted by molar-refractivity contribution is 7.08. The lowest BCUT2D eigenvalue weighted by atomic mass is 9.97. The van der Waals surface area contributed by atoms with Crippen molar-refractivity contribution in [3.05, 3.63) is 10.6 Å². The van der Waals surface area contributed by atoms with Crippen LogP contribution in [0, 0.1) is 5.92 Å². The highest BCUT2D eigenvalue weighted by Gasteiger charge is 2.26. The van der Waals surface area contributed by atoms with Gasteiger partial charge >= 0.3 is 0 Å². The fourth-order valence-electron chi connectivity index (χ4n) is 2.79. The Balaban J connectivity index is 2.08. The molecule has 1 amide bonds. The van der Waals surface area contributed by atoms with Gasteiger partial charge in [0.25, 0.3) is 5.91 Å². The van der Waals surface area contributed by atoms with Gasteiger partial charge in [-0.05, 0) is 55.7 Å². The van der Waals surface area contributed by atoms with Gasteiger partial charge < -0.3 is 10.2 Å². The molecule has 1 saturated heterocycles. The van der Waals surface area contributed by atoms with E-state index in [-0.39, 0.29) is 11.8 Å². The van der Waals surface area contributed by atoms with Crippen LogP contribution < -0.4 is 5.32 Å². The predicted molar refractivity (Wildman–Crippen MR) is 85.8 cm³/mol. The summed E-state index contributed by atoms with van der Waals surface area (Å²) in [5, 5.41) is 7.52. The Bertz CT molecular complexity index is 454. The van der Waals surface area contributed by atoms with Crippen molar-refractivity contribution in [1.29, 1.82) is 0 Å². The van der Waals surface area contributed by atoms with E-state index >= 15 is 0 Å². The van der Waals surface area contributed by atoms with Gasteiger partial charge in [-0.3, -0.25) is 4.79 Å². The van der Waals surface area contributed by atoms with Gasteiger partial charge in [0.2, 0.25) is 0 Å². The molecule has 0 aromatic carbocycles. The highest BCUT2D eigenvalue weighted by atomic mass is 32.1. The standard InChI is InChI=1S/C15H26N4OS/c1-4-9-19(10-12-5-7-16-8-6-12)15(20)14-13(11(2)3)17-18-21-14/h11-12,16H,4-10H2,1-3H3. The Morgan fingerprint density at radius 3 is 2.76 bits per heavy atom. The zero-order chi connectivity index (χ0) is 15.2. The third-order valence-electron chi connectivity index (χ3n) is 3.97. The van der Waals surface area contributed by atoms with Crippen LogP contribution in [-0.4, -0.2) is 46.6 Å². The van der Waals surface area contributed by atoms with Crippen LogP contribution in [0.4, 0.5) is 0 Å². The summed E-state index contributed by atoms with van der Waals surface area (Å²) in [6.45, 7) is 10.1. The molecule has 1 aliphatic heterocycles. The quantitative estimate of drug-likeness (QED) is 0.877. The molecule has 118 valence electrons. The molecule has 0 unspecified atom stereocenters. The molecule has 0 radical (unpaired) electrons. The van der Waals surface area contributed by atoms with Gasteiger partial charge in [0.1, 0.15) is 4.88 Å². The SMILES string of the molecule is CCCN(CC1CCNCC1)C(=O)c1snnc1C(C)C. The summed E-state index contributed by atoms with van der Waals surface area (Å²) in [5.74, 6) is 0.976. The van der Waals surface area contributed by atoms with Crippen molar-refractivity contribution in [2.75, 3.05) is 26.2 Å². The van der Waals surface area contributed by atoms with E-state index in [0.717, 1.165) is 56.0 Å². The molecular formula is C15H26N4OS. The molecule has 1 aromatic heterocycles. The number of hydrogen-bond acceptors (Lipinski definition) is 5. The van der Waals surface area contributed by atoms with Crippen LogP contribution in [0.2, 0.25) is 0 Å². The second kappa shape index (κ2) is 7.84. The second-order valence-electron chi connectivity index (χ2n) is 6.09. The molecule has 1 N–H and O–H groups in total. The largest absolute Gasteiger partial charge is 0.338 e. The molecule has 2 rings (SSSR count). The van der Waals surface area contributed by atoms with E-state index in [0.29, 0.717) is 5.92 Å². The fraction of sp³-hybridized carbons (Fsp3) is 0.800. The normalized spacial score (nSPS) is 16.4. The van der Waals surface area contributed by atoms with Crippen molar-refractivity contribution < 1.29 is 4.79 Å². The fourth-order valence-corrected chi connectivity index (χ4v) is 3.58. The Hall–Kier alpha value is -1.01. The highest BCUT2D eigenvalue weighted by Crippen LogP contribution is 2.23. The van der Waals surface area contributed by atoms with Crippen LogP contribution in [0.25, 0.3) is 0 Å². The zero-order valence-electron chi connectivity index (χ0n) is 13.3. The zero-order valence-corrected chi connectivity index (χ0v) is 14.1. The maximum atomic E-state index is 12.8. The molecule has 0 atom stereocenters. The molecule has 1 fully saturated rings. The Morgan fingerprint density at radius 2 is 2.14 bits per heavy atom. The van der Waals surface area contributed by atoms with Crippen LogP contribution in [0.15, 0.2) is 0 Å². The van der Waals surface area contributed by atoms with E-state index in [1.807, 2.05) is 4.90 Å². The van der Waals surface area contributed by atoms with Gasteiger partial charge in [-0.1, -0.05) is 25.3 Å². The first-order valence-corrected chi connectivity index (χ1v) is 8.73. The van der Waals surface area contributed by atoms with Crippen LogP contribution >= 0.6 is 11.5 Å². The molecule has 0 aliphatic carbocycles. The van der Waals surface area contributed by atoms with E-state index in [4.69, 9.17) is 0 Å². The molecular weight excluding hydrogens is 284 g/mol. The molecule has 1 aromatic rings. The summed E-state index contributed by atoms with van der Waals surface area (Å²) in [6.07, 6.45) is 3.30. The van der Waals surface area contributed by atoms with Crippen molar-refractivity contribution in [2.24, 2.45) is 5.92 Å². The third-order valence-corrected chi connectivity index (χ3v) is 4.70. The number of rotatable bonds is 6. The van der Waals surface area contributed by atoms with Crippen LogP contribution in [0.3, 0.4) is 0 Å². The van der Waals surface area contributed by atoms with Gasteiger partial charge in [0.05, 0.1) is 5.69 Å². The van der Waals surface area contributed by atoms with Crippen LogP contribution in [-0.2, 0) is 0 Å². The Morgan fingerprint density at radius 1 is 1.43 bits per heavy atom. The van der Waals surface area contributed by atoms with Crippen LogP contribution in [0.5, 0.6) is 0 Å². The predicted octanol–water partition coefficient (Wildman–Crippen LogP) is 2.51. The monoisotopic (exact) mass is 310 g/mol. The van der Waals surface area contributed by atoms with Gasteiger partial charge in [-0.25, -0.2) is 0 Å². The van der Waals surface area contributed by atoms with E-state index in [9.17, 15) is 4.79 Å². The van der Waals surface area contributed by atoms with Crippen molar-refractivity contribution in [3.63, 3.8) is 0 Å². The first-order chi connectivity index (χ1) is 10.1. The summed E-state index contributed by atoms with van der Waals surface area (Å²) in [6, 6.07) is 0. The van der Waals surface area contributed by atoms with Crippen molar-refractivity contribution in [2.45, 2.75) is 46.0 Å². The van der Waals surface area contributed by atoms with Gasteiger partial charge in [0, 0.05) is 13.1 Å². The number of carbonyl (C=O) groups is 1. The summed E-state index contributed by atoms with van der Waals surface area (Å²) in [4.78, 5) is 15.6. The summed E-state index contributed by atoms with van der Waals surface area (Å²) >= 11 is 1.24. The number of piperidine rings is 1. The first kappa shape index (κ1) is 16.4. The summed E-state index contributed by atoms with van der Waals surface area (Å²) in [5.41, 5.74) is 0.844. The molecule has 5 nitrogen and oxygen atoms in total. The Labute approximate surface area is 131 Å². The number of hydrogen-bond donors (Lipinski definition) is 1. The lowest BCUT2D eigenvalue weighted by Gasteiger charge is -2.30. The third kappa shape index (κ3) is 4.23. The maximum Gasteiger partial charge on any atom is 0.267 e. The van der Waals surface area contributed by atoms with E-state index in [1.165, 1.54) is 11.5 Å². The van der Waals surface area contributed by atoms with Crippen molar-refractivity contribution in [1.82, 2.24) is 19.8 Å². The number of amides is 1. The topological polar surface area (TPSA) is 58.1 Å². The minimum atomic E-state index is 0.120.